The molecule has 0 unspecified atom stereocenters. The first kappa shape index (κ1) is 12.7. The van der Waals surface area contributed by atoms with E-state index in [2.05, 4.69) is 0 Å². The van der Waals surface area contributed by atoms with Crippen molar-refractivity contribution in [1.82, 2.24) is 0 Å². The molecular formula is C12H18O5S. The summed E-state index contributed by atoms with van der Waals surface area (Å²) >= 11 is 1.72. The molecule has 0 bridgehead atoms. The zero-order valence-corrected chi connectivity index (χ0v) is 11.6. The third-order valence-corrected chi connectivity index (χ3v) is 5.26. The maximum atomic E-state index is 11.7. The number of carbonyl (C=O) groups excluding carboxylic acids is 1. The van der Waals surface area contributed by atoms with Gasteiger partial charge in [-0.3, -0.25) is 4.79 Å². The summed E-state index contributed by atoms with van der Waals surface area (Å²) in [5.74, 6) is 0.0600. The lowest BCUT2D eigenvalue weighted by molar-refractivity contribution is -0.208. The van der Waals surface area contributed by atoms with Crippen molar-refractivity contribution in [3.8, 4) is 0 Å². The summed E-state index contributed by atoms with van der Waals surface area (Å²) in [5, 5.41) is 0. The van der Waals surface area contributed by atoms with Crippen molar-refractivity contribution < 1.29 is 23.7 Å². The van der Waals surface area contributed by atoms with Crippen LogP contribution in [0.4, 0.5) is 0 Å². The van der Waals surface area contributed by atoms with Crippen LogP contribution in [0.25, 0.3) is 0 Å². The number of fused-ring (bicyclic) bond motifs is 3. The molecule has 18 heavy (non-hydrogen) atoms. The van der Waals surface area contributed by atoms with Crippen LogP contribution in [0, 0.1) is 0 Å². The first-order valence-electron chi connectivity index (χ1n) is 6.27. The fourth-order valence-electron chi connectivity index (χ4n) is 2.81. The van der Waals surface area contributed by atoms with Crippen molar-refractivity contribution in [3.05, 3.63) is 0 Å². The number of hydrogen-bond donors (Lipinski definition) is 0. The SMILES string of the molecule is CCOC(=O)C[C@]12SC[C@H]1O[C@@H]1OC(C)(C)O[C@@H]12. The third kappa shape index (κ3) is 1.78. The molecule has 3 aliphatic heterocycles. The molecule has 0 aromatic carbocycles. The summed E-state index contributed by atoms with van der Waals surface area (Å²) in [6, 6.07) is 0. The van der Waals surface area contributed by atoms with Crippen LogP contribution in [0.5, 0.6) is 0 Å². The Labute approximate surface area is 110 Å². The zero-order valence-electron chi connectivity index (χ0n) is 10.8. The topological polar surface area (TPSA) is 54.0 Å². The molecule has 0 aromatic rings. The summed E-state index contributed by atoms with van der Waals surface area (Å²) in [6.07, 6.45) is -0.162. The van der Waals surface area contributed by atoms with Gasteiger partial charge in [-0.05, 0) is 20.8 Å². The van der Waals surface area contributed by atoms with E-state index >= 15 is 0 Å². The van der Waals surface area contributed by atoms with Gasteiger partial charge in [-0.15, -0.1) is 11.8 Å². The fraction of sp³-hybridized carbons (Fsp3) is 0.917. The third-order valence-electron chi connectivity index (χ3n) is 3.61. The maximum absolute atomic E-state index is 11.7. The molecule has 0 amide bonds. The first-order chi connectivity index (χ1) is 8.47. The van der Waals surface area contributed by atoms with Crippen molar-refractivity contribution in [1.29, 1.82) is 0 Å². The maximum Gasteiger partial charge on any atom is 0.307 e. The second-order valence-corrected chi connectivity index (χ2v) is 6.68. The van der Waals surface area contributed by atoms with Crippen LogP contribution >= 0.6 is 11.8 Å². The average Bonchev–Trinajstić information content (AvgIpc) is 2.64. The van der Waals surface area contributed by atoms with E-state index in [1.165, 1.54) is 0 Å². The Morgan fingerprint density at radius 2 is 2.22 bits per heavy atom. The van der Waals surface area contributed by atoms with Crippen LogP contribution in [0.3, 0.4) is 0 Å². The van der Waals surface area contributed by atoms with Crippen molar-refractivity contribution >= 4 is 17.7 Å². The van der Waals surface area contributed by atoms with Gasteiger partial charge in [0.15, 0.2) is 12.1 Å². The highest BCUT2D eigenvalue weighted by Gasteiger charge is 2.68. The Morgan fingerprint density at radius 3 is 2.83 bits per heavy atom. The van der Waals surface area contributed by atoms with Crippen LogP contribution in [-0.4, -0.2) is 47.4 Å². The largest absolute Gasteiger partial charge is 0.466 e. The summed E-state index contributed by atoms with van der Waals surface area (Å²) in [5.41, 5.74) is 0. The Kier molecular flexibility index (Phi) is 2.89. The Hall–Kier alpha value is -0.300. The second-order valence-electron chi connectivity index (χ2n) is 5.30. The molecule has 3 aliphatic rings. The molecular weight excluding hydrogens is 256 g/mol. The quantitative estimate of drug-likeness (QED) is 0.723. The lowest BCUT2D eigenvalue weighted by atomic mass is 9.93. The normalized spacial score (nSPS) is 44.1. The molecule has 0 saturated carbocycles. The highest BCUT2D eigenvalue weighted by molar-refractivity contribution is 8.02. The highest BCUT2D eigenvalue weighted by Crippen LogP contribution is 2.58. The van der Waals surface area contributed by atoms with Gasteiger partial charge in [0.25, 0.3) is 0 Å². The van der Waals surface area contributed by atoms with E-state index in [4.69, 9.17) is 18.9 Å². The van der Waals surface area contributed by atoms with Gasteiger partial charge in [-0.25, -0.2) is 0 Å². The van der Waals surface area contributed by atoms with Gasteiger partial charge in [0.1, 0.15) is 6.10 Å². The minimum Gasteiger partial charge on any atom is -0.466 e. The van der Waals surface area contributed by atoms with Crippen LogP contribution in [0.2, 0.25) is 0 Å². The van der Waals surface area contributed by atoms with E-state index in [-0.39, 0.29) is 29.2 Å². The number of thioether (sulfide) groups is 1. The highest BCUT2D eigenvalue weighted by atomic mass is 32.2. The smallest absolute Gasteiger partial charge is 0.307 e. The van der Waals surface area contributed by atoms with E-state index in [1.54, 1.807) is 11.8 Å². The number of ether oxygens (including phenoxy) is 4. The van der Waals surface area contributed by atoms with Gasteiger partial charge in [0.2, 0.25) is 0 Å². The van der Waals surface area contributed by atoms with Crippen molar-refractivity contribution in [2.24, 2.45) is 0 Å². The van der Waals surface area contributed by atoms with Gasteiger partial charge in [-0.2, -0.15) is 0 Å². The predicted molar refractivity (Wildman–Crippen MR) is 65.1 cm³/mol. The molecule has 3 saturated heterocycles. The second kappa shape index (κ2) is 4.10. The number of esters is 1. The van der Waals surface area contributed by atoms with E-state index in [9.17, 15) is 4.79 Å². The molecule has 0 aliphatic carbocycles. The van der Waals surface area contributed by atoms with Gasteiger partial charge >= 0.3 is 5.97 Å². The van der Waals surface area contributed by atoms with Gasteiger partial charge < -0.3 is 18.9 Å². The standard InChI is InChI=1S/C12H18O5S/c1-4-14-8(13)5-12-7(6-18-12)15-10-9(12)16-11(2,3)17-10/h7,9-10H,4-6H2,1-3H3/t7-,9+,10-,12+/m1/s1. The van der Waals surface area contributed by atoms with Gasteiger partial charge in [0.05, 0.1) is 23.9 Å². The van der Waals surface area contributed by atoms with E-state index in [1.807, 2.05) is 20.8 Å². The first-order valence-corrected chi connectivity index (χ1v) is 7.26. The summed E-state index contributed by atoms with van der Waals surface area (Å²) in [6.45, 7) is 5.95. The zero-order chi connectivity index (χ0) is 13.0. The van der Waals surface area contributed by atoms with Crippen LogP contribution in [-0.2, 0) is 23.7 Å². The molecule has 6 heteroatoms. The van der Waals surface area contributed by atoms with E-state index in [0.717, 1.165) is 5.75 Å². The number of hydrogen-bond acceptors (Lipinski definition) is 6. The Balaban J connectivity index is 1.76. The minimum absolute atomic E-state index is 0.0398. The van der Waals surface area contributed by atoms with Crippen LogP contribution in [0.1, 0.15) is 27.2 Å². The summed E-state index contributed by atoms with van der Waals surface area (Å²) in [7, 11) is 0. The van der Waals surface area contributed by atoms with Crippen LogP contribution < -0.4 is 0 Å². The molecule has 0 spiro atoms. The Morgan fingerprint density at radius 1 is 1.44 bits per heavy atom. The average molecular weight is 274 g/mol. The van der Waals surface area contributed by atoms with E-state index < -0.39 is 5.79 Å². The molecule has 0 radical (unpaired) electrons. The molecule has 3 fully saturated rings. The van der Waals surface area contributed by atoms with Gasteiger partial charge in [-0.1, -0.05) is 0 Å². The number of carbonyl (C=O) groups is 1. The number of rotatable bonds is 3. The van der Waals surface area contributed by atoms with Crippen molar-refractivity contribution in [2.45, 2.75) is 56.2 Å². The molecule has 3 heterocycles. The van der Waals surface area contributed by atoms with Crippen LogP contribution in [0.15, 0.2) is 0 Å². The van der Waals surface area contributed by atoms with Crippen molar-refractivity contribution in [2.75, 3.05) is 12.4 Å². The molecule has 3 rings (SSSR count). The lowest BCUT2D eigenvalue weighted by Crippen LogP contribution is -2.55. The van der Waals surface area contributed by atoms with E-state index in [0.29, 0.717) is 13.0 Å². The molecule has 0 aromatic heterocycles. The fourth-order valence-corrected chi connectivity index (χ4v) is 4.22. The summed E-state index contributed by atoms with van der Waals surface area (Å²) < 4.78 is 22.2. The predicted octanol–water partition coefficient (Wildman–Crippen LogP) is 1.30. The summed E-state index contributed by atoms with van der Waals surface area (Å²) in [4.78, 5) is 11.7. The minimum atomic E-state index is -0.641. The monoisotopic (exact) mass is 274 g/mol. The lowest BCUT2D eigenvalue weighted by Gasteiger charge is -2.44. The van der Waals surface area contributed by atoms with Crippen molar-refractivity contribution in [3.63, 3.8) is 0 Å². The molecule has 4 atom stereocenters. The van der Waals surface area contributed by atoms with Gasteiger partial charge in [0, 0.05) is 5.75 Å². The molecule has 102 valence electrons. The Bertz CT molecular complexity index is 371. The molecule has 5 nitrogen and oxygen atoms in total. The molecule has 0 N–H and O–H groups in total.